The summed E-state index contributed by atoms with van der Waals surface area (Å²) >= 11 is 1.59. The Kier molecular flexibility index (Phi) is 5.52. The number of thiophene rings is 1. The Morgan fingerprint density at radius 1 is 1.12 bits per heavy atom. The van der Waals surface area contributed by atoms with Gasteiger partial charge in [0.05, 0.1) is 0 Å². The van der Waals surface area contributed by atoms with E-state index in [1.165, 1.54) is 0 Å². The molecule has 1 heterocycles. The molecule has 1 aliphatic carbocycles. The number of nitrogens with one attached hydrogen (secondary N) is 2. The molecule has 1 aromatic carbocycles. The van der Waals surface area contributed by atoms with Gasteiger partial charge in [-0.2, -0.15) is 0 Å². The van der Waals surface area contributed by atoms with E-state index < -0.39 is 0 Å². The van der Waals surface area contributed by atoms with Crippen LogP contribution in [-0.4, -0.2) is 23.6 Å². The SMILES string of the molecule is Cc1cc(C(=O)CCC(=O)Nc2cccc(C(=O)NC3CC3)c2)c(C)s1. The Hall–Kier alpha value is -2.47. The molecule has 6 heteroatoms. The first-order valence-electron chi connectivity index (χ1n) is 8.73. The van der Waals surface area contributed by atoms with Gasteiger partial charge in [0.25, 0.3) is 5.91 Å². The molecule has 1 fully saturated rings. The number of Topliss-reactive ketones (excluding diaryl/α,β-unsaturated/α-hetero) is 1. The van der Waals surface area contributed by atoms with Crippen LogP contribution in [0.15, 0.2) is 30.3 Å². The molecule has 5 nitrogen and oxygen atoms in total. The summed E-state index contributed by atoms with van der Waals surface area (Å²) < 4.78 is 0. The molecule has 2 amide bonds. The molecule has 0 bridgehead atoms. The summed E-state index contributed by atoms with van der Waals surface area (Å²) in [6, 6.07) is 9.01. The zero-order chi connectivity index (χ0) is 18.7. The lowest BCUT2D eigenvalue weighted by Crippen LogP contribution is -2.25. The lowest BCUT2D eigenvalue weighted by Gasteiger charge is -2.08. The molecule has 0 radical (unpaired) electrons. The normalized spacial score (nSPS) is 13.3. The molecule has 3 rings (SSSR count). The van der Waals surface area contributed by atoms with Crippen LogP contribution in [0.3, 0.4) is 0 Å². The van der Waals surface area contributed by atoms with Gasteiger partial charge in [0.1, 0.15) is 0 Å². The smallest absolute Gasteiger partial charge is 0.251 e. The standard InChI is InChI=1S/C20H22N2O3S/c1-12-10-17(13(2)26-12)18(23)8-9-19(24)21-16-5-3-4-14(11-16)20(25)22-15-6-7-15/h3-5,10-11,15H,6-9H2,1-2H3,(H,21,24)(H,22,25). The van der Waals surface area contributed by atoms with Gasteiger partial charge in [-0.05, 0) is 51.0 Å². The second-order valence-electron chi connectivity index (χ2n) is 6.63. The third-order valence-electron chi connectivity index (χ3n) is 4.24. The lowest BCUT2D eigenvalue weighted by molar-refractivity contribution is -0.116. The monoisotopic (exact) mass is 370 g/mol. The van der Waals surface area contributed by atoms with Crippen LogP contribution in [0.4, 0.5) is 5.69 Å². The molecule has 0 saturated heterocycles. The Bertz CT molecular complexity index is 852. The highest BCUT2D eigenvalue weighted by Gasteiger charge is 2.23. The summed E-state index contributed by atoms with van der Waals surface area (Å²) in [6.45, 7) is 3.89. The number of carbonyl (C=O) groups excluding carboxylic acids is 3. The first-order valence-corrected chi connectivity index (χ1v) is 9.55. The van der Waals surface area contributed by atoms with Gasteiger partial charge in [0, 0.05) is 45.5 Å². The van der Waals surface area contributed by atoms with Crippen LogP contribution in [-0.2, 0) is 4.79 Å². The molecular formula is C20H22N2O3S. The number of benzene rings is 1. The van der Waals surface area contributed by atoms with Gasteiger partial charge in [-0.15, -0.1) is 11.3 Å². The molecule has 1 aromatic heterocycles. The molecule has 0 aliphatic heterocycles. The quantitative estimate of drug-likeness (QED) is 0.727. The Balaban J connectivity index is 1.53. The topological polar surface area (TPSA) is 75.3 Å². The molecule has 0 spiro atoms. The van der Waals surface area contributed by atoms with Crippen molar-refractivity contribution in [1.82, 2.24) is 5.32 Å². The zero-order valence-corrected chi connectivity index (χ0v) is 15.7. The molecule has 0 atom stereocenters. The minimum absolute atomic E-state index is 0.0143. The summed E-state index contributed by atoms with van der Waals surface area (Å²) in [6.07, 6.45) is 2.34. The van der Waals surface area contributed by atoms with Crippen molar-refractivity contribution in [1.29, 1.82) is 0 Å². The Morgan fingerprint density at radius 2 is 1.88 bits per heavy atom. The van der Waals surface area contributed by atoms with E-state index in [2.05, 4.69) is 10.6 Å². The summed E-state index contributed by atoms with van der Waals surface area (Å²) in [5.74, 6) is -0.371. The second kappa shape index (κ2) is 7.83. The number of aryl methyl sites for hydroxylation is 2. The van der Waals surface area contributed by atoms with Gasteiger partial charge in [-0.3, -0.25) is 14.4 Å². The lowest BCUT2D eigenvalue weighted by atomic mass is 10.1. The largest absolute Gasteiger partial charge is 0.349 e. The van der Waals surface area contributed by atoms with Crippen molar-refractivity contribution in [2.75, 3.05) is 5.32 Å². The van der Waals surface area contributed by atoms with Crippen LogP contribution in [0.5, 0.6) is 0 Å². The first-order chi connectivity index (χ1) is 12.4. The van der Waals surface area contributed by atoms with E-state index in [1.54, 1.807) is 35.6 Å². The van der Waals surface area contributed by atoms with Crippen molar-refractivity contribution in [3.63, 3.8) is 0 Å². The van der Waals surface area contributed by atoms with Crippen molar-refractivity contribution in [2.45, 2.75) is 45.6 Å². The predicted molar refractivity (Wildman–Crippen MR) is 103 cm³/mol. The highest BCUT2D eigenvalue weighted by Crippen LogP contribution is 2.23. The Morgan fingerprint density at radius 3 is 2.54 bits per heavy atom. The summed E-state index contributed by atoms with van der Waals surface area (Å²) in [7, 11) is 0. The van der Waals surface area contributed by atoms with E-state index in [0.717, 1.165) is 22.6 Å². The molecule has 0 unspecified atom stereocenters. The van der Waals surface area contributed by atoms with Gasteiger partial charge in [0.2, 0.25) is 5.91 Å². The summed E-state index contributed by atoms with van der Waals surface area (Å²) in [5, 5.41) is 5.69. The molecule has 2 N–H and O–H groups in total. The second-order valence-corrected chi connectivity index (χ2v) is 8.09. The zero-order valence-electron chi connectivity index (χ0n) is 14.9. The van der Waals surface area contributed by atoms with Crippen molar-refractivity contribution >= 4 is 34.6 Å². The van der Waals surface area contributed by atoms with E-state index in [0.29, 0.717) is 16.8 Å². The Labute approximate surface area is 156 Å². The van der Waals surface area contributed by atoms with Gasteiger partial charge in [-0.1, -0.05) is 6.07 Å². The number of hydrogen-bond donors (Lipinski definition) is 2. The maximum Gasteiger partial charge on any atom is 0.251 e. The molecular weight excluding hydrogens is 348 g/mol. The highest BCUT2D eigenvalue weighted by atomic mass is 32.1. The van der Waals surface area contributed by atoms with Gasteiger partial charge >= 0.3 is 0 Å². The van der Waals surface area contributed by atoms with E-state index in [1.807, 2.05) is 19.9 Å². The minimum Gasteiger partial charge on any atom is -0.349 e. The fraction of sp³-hybridized carbons (Fsp3) is 0.350. The highest BCUT2D eigenvalue weighted by molar-refractivity contribution is 7.12. The number of rotatable bonds is 7. The maximum absolute atomic E-state index is 12.3. The fourth-order valence-electron chi connectivity index (χ4n) is 2.73. The van der Waals surface area contributed by atoms with Crippen LogP contribution < -0.4 is 10.6 Å². The van der Waals surface area contributed by atoms with Gasteiger partial charge in [-0.25, -0.2) is 0 Å². The van der Waals surface area contributed by atoms with Crippen LogP contribution in [0, 0.1) is 13.8 Å². The number of carbonyl (C=O) groups is 3. The van der Waals surface area contributed by atoms with Crippen LogP contribution in [0.2, 0.25) is 0 Å². The summed E-state index contributed by atoms with van der Waals surface area (Å²) in [4.78, 5) is 38.6. The third kappa shape index (κ3) is 4.79. The minimum atomic E-state index is -0.234. The van der Waals surface area contributed by atoms with Crippen molar-refractivity contribution in [3.8, 4) is 0 Å². The van der Waals surface area contributed by atoms with E-state index in [-0.39, 0.29) is 36.5 Å². The third-order valence-corrected chi connectivity index (χ3v) is 5.21. The molecule has 1 saturated carbocycles. The summed E-state index contributed by atoms with van der Waals surface area (Å²) in [5.41, 5.74) is 1.79. The van der Waals surface area contributed by atoms with Crippen molar-refractivity contribution in [3.05, 3.63) is 51.2 Å². The molecule has 136 valence electrons. The maximum atomic E-state index is 12.3. The van der Waals surface area contributed by atoms with Gasteiger partial charge < -0.3 is 10.6 Å². The van der Waals surface area contributed by atoms with Crippen LogP contribution >= 0.6 is 11.3 Å². The molecule has 1 aliphatic rings. The van der Waals surface area contributed by atoms with Crippen LogP contribution in [0.1, 0.15) is 56.2 Å². The average molecular weight is 370 g/mol. The predicted octanol–water partition coefficient (Wildman–Crippen LogP) is 3.86. The van der Waals surface area contributed by atoms with Gasteiger partial charge in [0.15, 0.2) is 5.78 Å². The average Bonchev–Trinajstić information content (AvgIpc) is 3.35. The number of anilines is 1. The molecule has 26 heavy (non-hydrogen) atoms. The van der Waals surface area contributed by atoms with E-state index in [9.17, 15) is 14.4 Å². The van der Waals surface area contributed by atoms with Crippen LogP contribution in [0.25, 0.3) is 0 Å². The first kappa shape index (κ1) is 18.3. The fourth-order valence-corrected chi connectivity index (χ4v) is 3.67. The molecule has 2 aromatic rings. The number of amides is 2. The van der Waals surface area contributed by atoms with E-state index in [4.69, 9.17) is 0 Å². The van der Waals surface area contributed by atoms with Crippen molar-refractivity contribution < 1.29 is 14.4 Å². The number of ketones is 1. The van der Waals surface area contributed by atoms with Crippen molar-refractivity contribution in [2.24, 2.45) is 0 Å². The van der Waals surface area contributed by atoms with E-state index >= 15 is 0 Å². The number of hydrogen-bond acceptors (Lipinski definition) is 4.